The first-order valence-corrected chi connectivity index (χ1v) is 10.6. The fourth-order valence-electron chi connectivity index (χ4n) is 2.69. The molecule has 2 N–H and O–H groups in total. The second-order valence-electron chi connectivity index (χ2n) is 6.75. The quantitative estimate of drug-likeness (QED) is 0.590. The topological polar surface area (TPSA) is 119 Å². The van der Waals surface area contributed by atoms with Gasteiger partial charge in [0.15, 0.2) is 5.82 Å². The van der Waals surface area contributed by atoms with Crippen LogP contribution < -0.4 is 10.0 Å². The number of hydrogen-bond donors (Lipinski definition) is 2. The Bertz CT molecular complexity index is 1190. The molecule has 0 aliphatic rings. The average Bonchev–Trinajstić information content (AvgIpc) is 3.11. The van der Waals surface area contributed by atoms with Crippen LogP contribution in [0.3, 0.4) is 0 Å². The van der Waals surface area contributed by atoms with E-state index in [1.54, 1.807) is 19.1 Å². The van der Waals surface area contributed by atoms with E-state index in [1.165, 1.54) is 28.9 Å². The first kappa shape index (κ1) is 21.5. The highest BCUT2D eigenvalue weighted by Gasteiger charge is 2.16. The number of hydrogen-bond acceptors (Lipinski definition) is 6. The minimum absolute atomic E-state index is 0.0821. The van der Waals surface area contributed by atoms with Gasteiger partial charge < -0.3 is 5.32 Å². The van der Waals surface area contributed by atoms with Crippen molar-refractivity contribution < 1.29 is 17.6 Å². The zero-order valence-electron chi connectivity index (χ0n) is 16.7. The van der Waals surface area contributed by atoms with Crippen LogP contribution in [0.15, 0.2) is 41.3 Å². The van der Waals surface area contributed by atoms with Crippen LogP contribution in [0.25, 0.3) is 5.69 Å². The fourth-order valence-corrected chi connectivity index (χ4v) is 3.81. The lowest BCUT2D eigenvalue weighted by Gasteiger charge is -2.10. The summed E-state index contributed by atoms with van der Waals surface area (Å²) in [5, 5.41) is 13.5. The van der Waals surface area contributed by atoms with E-state index in [9.17, 15) is 17.6 Å². The second kappa shape index (κ2) is 8.67. The van der Waals surface area contributed by atoms with Crippen LogP contribution in [-0.4, -0.2) is 41.1 Å². The summed E-state index contributed by atoms with van der Waals surface area (Å²) < 4.78 is 42.5. The van der Waals surface area contributed by atoms with Crippen molar-refractivity contribution >= 4 is 21.6 Å². The molecule has 2 aromatic carbocycles. The van der Waals surface area contributed by atoms with Crippen molar-refractivity contribution in [1.82, 2.24) is 24.9 Å². The Labute approximate surface area is 173 Å². The molecule has 0 saturated heterocycles. The minimum atomic E-state index is -3.72. The number of aryl methyl sites for hydroxylation is 3. The number of sulfonamides is 1. The van der Waals surface area contributed by atoms with E-state index in [0.717, 1.165) is 11.1 Å². The zero-order chi connectivity index (χ0) is 21.9. The molecule has 9 nitrogen and oxygen atoms in total. The molecule has 0 unspecified atom stereocenters. The van der Waals surface area contributed by atoms with Gasteiger partial charge in [-0.25, -0.2) is 17.5 Å². The van der Waals surface area contributed by atoms with Gasteiger partial charge in [-0.1, -0.05) is 6.07 Å². The molecule has 1 aromatic heterocycles. The molecule has 0 saturated carbocycles. The van der Waals surface area contributed by atoms with Crippen molar-refractivity contribution in [3.63, 3.8) is 0 Å². The molecule has 158 valence electrons. The lowest BCUT2D eigenvalue weighted by molar-refractivity contribution is -0.116. The molecule has 0 aliphatic carbocycles. The molecule has 0 spiro atoms. The summed E-state index contributed by atoms with van der Waals surface area (Å²) in [6.07, 6.45) is -0.0965. The number of nitrogens with one attached hydrogen (secondary N) is 2. The Morgan fingerprint density at radius 1 is 1.10 bits per heavy atom. The highest BCUT2D eigenvalue weighted by molar-refractivity contribution is 7.89. The third kappa shape index (κ3) is 4.86. The number of benzene rings is 2. The van der Waals surface area contributed by atoms with Crippen LogP contribution in [0.2, 0.25) is 0 Å². The van der Waals surface area contributed by atoms with Gasteiger partial charge in [0.2, 0.25) is 15.9 Å². The van der Waals surface area contributed by atoms with E-state index in [2.05, 4.69) is 25.6 Å². The third-order valence-corrected chi connectivity index (χ3v) is 5.98. The first-order valence-electron chi connectivity index (χ1n) is 9.09. The smallest absolute Gasteiger partial charge is 0.240 e. The van der Waals surface area contributed by atoms with Crippen LogP contribution in [0.5, 0.6) is 0 Å². The predicted octanol–water partition coefficient (Wildman–Crippen LogP) is 2.03. The van der Waals surface area contributed by atoms with Gasteiger partial charge in [-0.3, -0.25) is 4.79 Å². The highest BCUT2D eigenvalue weighted by Crippen LogP contribution is 2.19. The van der Waals surface area contributed by atoms with Crippen molar-refractivity contribution in [3.8, 4) is 5.69 Å². The molecule has 0 bridgehead atoms. The average molecular weight is 432 g/mol. The maximum absolute atomic E-state index is 14.1. The Morgan fingerprint density at radius 2 is 1.87 bits per heavy atom. The van der Waals surface area contributed by atoms with E-state index in [0.29, 0.717) is 11.5 Å². The number of nitrogens with zero attached hydrogens (tertiary/aromatic N) is 4. The summed E-state index contributed by atoms with van der Waals surface area (Å²) in [6, 6.07) is 8.82. The summed E-state index contributed by atoms with van der Waals surface area (Å²) in [6.45, 7) is 5.26. The van der Waals surface area contributed by atoms with Gasteiger partial charge in [-0.15, -0.1) is 5.10 Å². The normalized spacial score (nSPS) is 11.5. The third-order valence-electron chi connectivity index (χ3n) is 4.52. The van der Waals surface area contributed by atoms with E-state index in [1.807, 2.05) is 13.8 Å². The van der Waals surface area contributed by atoms with E-state index in [-0.39, 0.29) is 23.5 Å². The Kier molecular flexibility index (Phi) is 6.22. The predicted molar refractivity (Wildman–Crippen MR) is 108 cm³/mol. The molecular weight excluding hydrogens is 411 g/mol. The molecule has 1 heterocycles. The van der Waals surface area contributed by atoms with Gasteiger partial charge in [0.25, 0.3) is 0 Å². The van der Waals surface area contributed by atoms with E-state index < -0.39 is 21.7 Å². The van der Waals surface area contributed by atoms with Gasteiger partial charge in [-0.05, 0) is 72.7 Å². The number of carbonyl (C=O) groups is 1. The molecule has 0 atom stereocenters. The van der Waals surface area contributed by atoms with Gasteiger partial charge in [0.1, 0.15) is 11.5 Å². The van der Waals surface area contributed by atoms with Crippen LogP contribution in [0.1, 0.15) is 23.4 Å². The van der Waals surface area contributed by atoms with Crippen molar-refractivity contribution in [2.45, 2.75) is 32.1 Å². The van der Waals surface area contributed by atoms with Crippen LogP contribution in [-0.2, 0) is 14.8 Å². The summed E-state index contributed by atoms with van der Waals surface area (Å²) in [7, 11) is -3.72. The molecule has 0 fully saturated rings. The minimum Gasteiger partial charge on any atom is -0.326 e. The first-order chi connectivity index (χ1) is 14.2. The summed E-state index contributed by atoms with van der Waals surface area (Å²) >= 11 is 0. The SMILES string of the molecule is Cc1ccc(S(=O)(=O)NCCC(=O)Nc2ccc(F)c(-n3nnnc3C)c2)cc1C. The number of halogens is 1. The van der Waals surface area contributed by atoms with Crippen molar-refractivity contribution in [3.05, 3.63) is 59.2 Å². The highest BCUT2D eigenvalue weighted by atomic mass is 32.2. The number of aromatic nitrogens is 4. The zero-order valence-corrected chi connectivity index (χ0v) is 17.5. The number of anilines is 1. The largest absolute Gasteiger partial charge is 0.326 e. The molecule has 1 amide bonds. The molecule has 0 radical (unpaired) electrons. The molecular formula is C19H21FN6O3S. The van der Waals surface area contributed by atoms with Crippen LogP contribution >= 0.6 is 0 Å². The van der Waals surface area contributed by atoms with Crippen molar-refractivity contribution in [2.75, 3.05) is 11.9 Å². The van der Waals surface area contributed by atoms with E-state index >= 15 is 0 Å². The van der Waals surface area contributed by atoms with E-state index in [4.69, 9.17) is 0 Å². The summed E-state index contributed by atoms with van der Waals surface area (Å²) in [5.41, 5.74) is 2.28. The monoisotopic (exact) mass is 432 g/mol. The molecule has 0 aliphatic heterocycles. The maximum Gasteiger partial charge on any atom is 0.240 e. The van der Waals surface area contributed by atoms with Gasteiger partial charge in [-0.2, -0.15) is 4.68 Å². The number of amides is 1. The maximum atomic E-state index is 14.1. The van der Waals surface area contributed by atoms with Gasteiger partial charge >= 0.3 is 0 Å². The Morgan fingerprint density at radius 3 is 2.53 bits per heavy atom. The Balaban J connectivity index is 1.61. The number of carbonyl (C=O) groups excluding carboxylic acids is 1. The fraction of sp³-hybridized carbons (Fsp3) is 0.263. The Hall–Kier alpha value is -3.18. The molecule has 30 heavy (non-hydrogen) atoms. The molecule has 3 aromatic rings. The van der Waals surface area contributed by atoms with Crippen LogP contribution in [0, 0.1) is 26.6 Å². The lowest BCUT2D eigenvalue weighted by atomic mass is 10.1. The summed E-state index contributed by atoms with van der Waals surface area (Å²) in [4.78, 5) is 12.3. The molecule has 3 rings (SSSR count). The van der Waals surface area contributed by atoms with Gasteiger partial charge in [0, 0.05) is 18.7 Å². The van der Waals surface area contributed by atoms with Crippen LogP contribution in [0.4, 0.5) is 10.1 Å². The second-order valence-corrected chi connectivity index (χ2v) is 8.51. The van der Waals surface area contributed by atoms with Crippen molar-refractivity contribution in [1.29, 1.82) is 0 Å². The lowest BCUT2D eigenvalue weighted by Crippen LogP contribution is -2.28. The standard InChI is InChI=1S/C19H21FN6O3S/c1-12-4-6-16(10-13(12)2)30(28,29)21-9-8-19(27)22-15-5-7-17(20)18(11-15)26-14(3)23-24-25-26/h4-7,10-11,21H,8-9H2,1-3H3,(H,22,27). The summed E-state index contributed by atoms with van der Waals surface area (Å²) in [5.74, 6) is -0.591. The van der Waals surface area contributed by atoms with Gasteiger partial charge in [0.05, 0.1) is 4.90 Å². The number of rotatable bonds is 7. The number of tetrazole rings is 1. The molecule has 11 heteroatoms. The van der Waals surface area contributed by atoms with Crippen molar-refractivity contribution in [2.24, 2.45) is 0 Å².